The molecule has 1 aliphatic rings. The summed E-state index contributed by atoms with van der Waals surface area (Å²) in [4.78, 5) is 35.0. The van der Waals surface area contributed by atoms with Crippen molar-refractivity contribution < 1.29 is 24.2 Å². The Kier molecular flexibility index (Phi) is 4.15. The Morgan fingerprint density at radius 1 is 1.50 bits per heavy atom. The number of aliphatic carboxylic acids is 1. The molecule has 7 heteroatoms. The van der Waals surface area contributed by atoms with E-state index in [1.165, 1.54) is 0 Å². The number of amides is 2. The van der Waals surface area contributed by atoms with E-state index in [1.54, 1.807) is 20.8 Å². The van der Waals surface area contributed by atoms with Crippen molar-refractivity contribution in [2.45, 2.75) is 38.8 Å². The topological polar surface area (TPSA) is 95.9 Å². The van der Waals surface area contributed by atoms with Crippen LogP contribution in [0.15, 0.2) is 0 Å². The minimum Gasteiger partial charge on any atom is -0.481 e. The van der Waals surface area contributed by atoms with Crippen LogP contribution < -0.4 is 5.32 Å². The summed E-state index contributed by atoms with van der Waals surface area (Å²) in [5.74, 6) is -1.34. The second-order valence-electron chi connectivity index (χ2n) is 5.16. The van der Waals surface area contributed by atoms with Gasteiger partial charge >= 0.3 is 12.1 Å². The molecule has 0 spiro atoms. The van der Waals surface area contributed by atoms with Crippen LogP contribution in [-0.4, -0.2) is 52.7 Å². The first kappa shape index (κ1) is 14.3. The van der Waals surface area contributed by atoms with Crippen molar-refractivity contribution in [2.75, 3.05) is 13.1 Å². The normalized spacial score (nSPS) is 20.3. The third-order valence-corrected chi connectivity index (χ3v) is 2.33. The number of carboxylic acids is 1. The van der Waals surface area contributed by atoms with E-state index >= 15 is 0 Å². The van der Waals surface area contributed by atoms with Crippen molar-refractivity contribution in [2.24, 2.45) is 0 Å². The molecule has 1 rings (SSSR count). The Labute approximate surface area is 105 Å². The molecule has 0 aromatic heterocycles. The fourth-order valence-electron chi connectivity index (χ4n) is 1.60. The Morgan fingerprint density at radius 2 is 2.11 bits per heavy atom. The van der Waals surface area contributed by atoms with Gasteiger partial charge in [-0.15, -0.1) is 0 Å². The summed E-state index contributed by atoms with van der Waals surface area (Å²) >= 11 is 0. The molecule has 1 atom stereocenters. The van der Waals surface area contributed by atoms with Crippen LogP contribution in [0.3, 0.4) is 0 Å². The second kappa shape index (κ2) is 5.24. The van der Waals surface area contributed by atoms with Crippen LogP contribution >= 0.6 is 0 Å². The van der Waals surface area contributed by atoms with Crippen LogP contribution in [0.25, 0.3) is 0 Å². The number of ether oxygens (including phenoxy) is 1. The number of carbonyl (C=O) groups excluding carboxylic acids is 2. The summed E-state index contributed by atoms with van der Waals surface area (Å²) in [5, 5.41) is 11.3. The van der Waals surface area contributed by atoms with Gasteiger partial charge in [0.2, 0.25) is 5.91 Å². The molecule has 0 unspecified atom stereocenters. The minimum absolute atomic E-state index is 0.129. The van der Waals surface area contributed by atoms with E-state index in [4.69, 9.17) is 9.84 Å². The number of hydrogen-bond donors (Lipinski definition) is 2. The summed E-state index contributed by atoms with van der Waals surface area (Å²) < 4.78 is 5.15. The molecule has 0 radical (unpaired) electrons. The first-order chi connectivity index (χ1) is 8.19. The third-order valence-electron chi connectivity index (χ3n) is 2.33. The van der Waals surface area contributed by atoms with Crippen LogP contribution in [-0.2, 0) is 14.3 Å². The zero-order valence-electron chi connectivity index (χ0n) is 10.7. The summed E-state index contributed by atoms with van der Waals surface area (Å²) in [6.07, 6.45) is -0.886. The molecule has 7 nitrogen and oxygen atoms in total. The Hall–Kier alpha value is -1.79. The molecular formula is C11H18N2O5. The van der Waals surface area contributed by atoms with Gasteiger partial charge < -0.3 is 15.2 Å². The molecule has 2 N–H and O–H groups in total. The van der Waals surface area contributed by atoms with E-state index in [0.29, 0.717) is 0 Å². The van der Waals surface area contributed by atoms with Crippen LogP contribution in [0.2, 0.25) is 0 Å². The number of rotatable bonds is 2. The molecule has 18 heavy (non-hydrogen) atoms. The fourth-order valence-corrected chi connectivity index (χ4v) is 1.60. The summed E-state index contributed by atoms with van der Waals surface area (Å²) in [6, 6.07) is -0.574. The number of piperazine rings is 1. The van der Waals surface area contributed by atoms with Gasteiger partial charge in [0, 0.05) is 6.54 Å². The quantitative estimate of drug-likeness (QED) is 0.737. The van der Waals surface area contributed by atoms with Crippen molar-refractivity contribution in [1.29, 1.82) is 0 Å². The van der Waals surface area contributed by atoms with E-state index in [-0.39, 0.29) is 25.4 Å². The lowest BCUT2D eigenvalue weighted by Gasteiger charge is -2.35. The monoisotopic (exact) mass is 258 g/mol. The van der Waals surface area contributed by atoms with Crippen LogP contribution in [0.1, 0.15) is 27.2 Å². The average Bonchev–Trinajstić information content (AvgIpc) is 2.17. The van der Waals surface area contributed by atoms with E-state index in [9.17, 15) is 14.4 Å². The first-order valence-electron chi connectivity index (χ1n) is 5.67. The first-order valence-corrected chi connectivity index (χ1v) is 5.67. The highest BCUT2D eigenvalue weighted by molar-refractivity contribution is 5.84. The van der Waals surface area contributed by atoms with Gasteiger partial charge in [0.25, 0.3) is 0 Å². The van der Waals surface area contributed by atoms with E-state index in [0.717, 1.165) is 4.90 Å². The molecule has 2 amide bonds. The standard InChI is InChI=1S/C11H18N2O5/c1-11(2,3)18-10(17)13-6-8(14)12-5-7(13)4-9(15)16/h7H,4-6H2,1-3H3,(H,12,14)(H,15,16)/t7-/m1/s1. The molecule has 1 heterocycles. The predicted octanol–water partition coefficient (Wildman–Crippen LogP) is 0.197. The molecule has 0 aliphatic carbocycles. The smallest absolute Gasteiger partial charge is 0.411 e. The highest BCUT2D eigenvalue weighted by Crippen LogP contribution is 2.15. The minimum atomic E-state index is -1.02. The van der Waals surface area contributed by atoms with Gasteiger partial charge in [-0.25, -0.2) is 4.79 Å². The summed E-state index contributed by atoms with van der Waals surface area (Å²) in [7, 11) is 0. The summed E-state index contributed by atoms with van der Waals surface area (Å²) in [6.45, 7) is 5.08. The number of carboxylic acid groups (broad SMARTS) is 1. The zero-order valence-corrected chi connectivity index (χ0v) is 10.7. The van der Waals surface area contributed by atoms with Crippen molar-refractivity contribution in [1.82, 2.24) is 10.2 Å². The van der Waals surface area contributed by atoms with Gasteiger partial charge in [-0.3, -0.25) is 14.5 Å². The van der Waals surface area contributed by atoms with Gasteiger partial charge in [0.1, 0.15) is 12.1 Å². The predicted molar refractivity (Wildman–Crippen MR) is 62.0 cm³/mol. The maximum Gasteiger partial charge on any atom is 0.411 e. The lowest BCUT2D eigenvalue weighted by atomic mass is 10.1. The molecule has 1 fully saturated rings. The lowest BCUT2D eigenvalue weighted by Crippen LogP contribution is -2.57. The van der Waals surface area contributed by atoms with Crippen LogP contribution in [0.5, 0.6) is 0 Å². The lowest BCUT2D eigenvalue weighted by molar-refractivity contribution is -0.139. The number of hydrogen-bond acceptors (Lipinski definition) is 4. The Bertz CT molecular complexity index is 361. The highest BCUT2D eigenvalue weighted by atomic mass is 16.6. The van der Waals surface area contributed by atoms with Gasteiger partial charge in [-0.2, -0.15) is 0 Å². The van der Waals surface area contributed by atoms with Crippen molar-refractivity contribution in [3.05, 3.63) is 0 Å². The zero-order chi connectivity index (χ0) is 13.9. The number of nitrogens with one attached hydrogen (secondary N) is 1. The maximum absolute atomic E-state index is 11.9. The molecule has 0 saturated carbocycles. The van der Waals surface area contributed by atoms with Crippen molar-refractivity contribution in [3.63, 3.8) is 0 Å². The molecule has 0 bridgehead atoms. The van der Waals surface area contributed by atoms with Gasteiger partial charge in [0.15, 0.2) is 0 Å². The van der Waals surface area contributed by atoms with Gasteiger partial charge in [-0.05, 0) is 20.8 Å². The molecule has 0 aromatic carbocycles. The van der Waals surface area contributed by atoms with Crippen molar-refractivity contribution in [3.8, 4) is 0 Å². The van der Waals surface area contributed by atoms with Crippen molar-refractivity contribution >= 4 is 18.0 Å². The molecule has 0 aromatic rings. The van der Waals surface area contributed by atoms with E-state index in [2.05, 4.69) is 5.32 Å². The molecule has 1 saturated heterocycles. The van der Waals surface area contributed by atoms with Crippen LogP contribution in [0.4, 0.5) is 4.79 Å². The number of nitrogens with zero attached hydrogens (tertiary/aromatic N) is 1. The SMILES string of the molecule is CC(C)(C)OC(=O)N1CC(=O)NC[C@H]1CC(=O)O. The van der Waals surface area contributed by atoms with E-state index < -0.39 is 23.7 Å². The van der Waals surface area contributed by atoms with Crippen LogP contribution in [0, 0.1) is 0 Å². The Morgan fingerprint density at radius 3 is 2.61 bits per heavy atom. The maximum atomic E-state index is 11.9. The second-order valence-corrected chi connectivity index (χ2v) is 5.16. The van der Waals surface area contributed by atoms with Gasteiger partial charge in [0.05, 0.1) is 12.5 Å². The Balaban J connectivity index is 2.75. The molecule has 102 valence electrons. The third kappa shape index (κ3) is 4.23. The largest absolute Gasteiger partial charge is 0.481 e. The summed E-state index contributed by atoms with van der Waals surface area (Å²) in [5.41, 5.74) is -0.682. The number of carbonyl (C=O) groups is 3. The van der Waals surface area contributed by atoms with E-state index in [1.807, 2.05) is 0 Å². The highest BCUT2D eigenvalue weighted by Gasteiger charge is 2.34. The molecular weight excluding hydrogens is 240 g/mol. The molecule has 1 aliphatic heterocycles. The van der Waals surface area contributed by atoms with Gasteiger partial charge in [-0.1, -0.05) is 0 Å². The average molecular weight is 258 g/mol. The fraction of sp³-hybridized carbons (Fsp3) is 0.727.